The molecule has 0 saturated carbocycles. The van der Waals surface area contributed by atoms with Crippen molar-refractivity contribution >= 4 is 17.0 Å². The molecule has 0 radical (unpaired) electrons. The summed E-state index contributed by atoms with van der Waals surface area (Å²) in [5.41, 5.74) is 0. The molecular weight excluding hydrogens is 322 g/mol. The van der Waals surface area contributed by atoms with E-state index in [1.165, 1.54) is 57.8 Å². The quantitative estimate of drug-likeness (QED) is 0.242. The molecule has 0 aliphatic rings. The van der Waals surface area contributed by atoms with Crippen molar-refractivity contribution in [2.45, 2.75) is 84.0 Å². The Hall–Kier alpha value is -0.680. The van der Waals surface area contributed by atoms with Crippen LogP contribution >= 0.6 is 0 Å². The summed E-state index contributed by atoms with van der Waals surface area (Å²) in [4.78, 5) is 13.3. The maximum Gasteiger partial charge on any atom is 0.222 e. The number of allylic oxidation sites excluding steroid dienone is 2. The van der Waals surface area contributed by atoms with Crippen LogP contribution in [0.15, 0.2) is 12.2 Å². The number of nitrogens with zero attached hydrogens (tertiary/aromatic N) is 1. The van der Waals surface area contributed by atoms with Gasteiger partial charge in [-0.2, -0.15) is 0 Å². The minimum atomic E-state index is -1.82. The monoisotopic (exact) mass is 359 g/mol. The van der Waals surface area contributed by atoms with Gasteiger partial charge in [-0.15, -0.1) is 0 Å². The zero-order valence-electron chi connectivity index (χ0n) is 15.7. The third kappa shape index (κ3) is 16.2. The smallest absolute Gasteiger partial charge is 0.222 e. The molecule has 24 heavy (non-hydrogen) atoms. The molecule has 4 nitrogen and oxygen atoms in total. The summed E-state index contributed by atoms with van der Waals surface area (Å²) in [5, 5.41) is 0. The Morgan fingerprint density at radius 2 is 1.50 bits per heavy atom. The summed E-state index contributed by atoms with van der Waals surface area (Å²) >= 11 is -1.82. The molecular formula is C19H37NO3S. The van der Waals surface area contributed by atoms with E-state index in [2.05, 4.69) is 19.1 Å². The summed E-state index contributed by atoms with van der Waals surface area (Å²) in [5.74, 6) is 0.209. The van der Waals surface area contributed by atoms with Gasteiger partial charge in [0.2, 0.25) is 5.91 Å². The van der Waals surface area contributed by atoms with Crippen LogP contribution in [0.5, 0.6) is 0 Å². The Morgan fingerprint density at radius 3 is 2.08 bits per heavy atom. The van der Waals surface area contributed by atoms with Crippen LogP contribution in [0.2, 0.25) is 0 Å². The molecule has 1 atom stereocenters. The number of hydrogen-bond acceptors (Lipinski definition) is 2. The summed E-state index contributed by atoms with van der Waals surface area (Å²) in [6.07, 6.45) is 18.6. The van der Waals surface area contributed by atoms with E-state index in [9.17, 15) is 9.00 Å². The van der Waals surface area contributed by atoms with Crippen LogP contribution in [0.25, 0.3) is 0 Å². The lowest BCUT2D eigenvalue weighted by molar-refractivity contribution is -0.129. The topological polar surface area (TPSA) is 57.6 Å². The van der Waals surface area contributed by atoms with E-state index in [0.717, 1.165) is 12.8 Å². The van der Waals surface area contributed by atoms with Gasteiger partial charge in [-0.1, -0.05) is 57.6 Å². The van der Waals surface area contributed by atoms with Crippen molar-refractivity contribution < 1.29 is 13.6 Å². The van der Waals surface area contributed by atoms with Gasteiger partial charge in [0.15, 0.2) is 11.1 Å². The second-order valence-corrected chi connectivity index (χ2v) is 7.52. The number of carbonyl (C=O) groups is 1. The Labute approximate surface area is 151 Å². The van der Waals surface area contributed by atoms with E-state index in [-0.39, 0.29) is 11.7 Å². The predicted molar refractivity (Wildman–Crippen MR) is 103 cm³/mol. The molecule has 142 valence electrons. The first-order valence-electron chi connectivity index (χ1n) is 9.54. The molecule has 0 aromatic rings. The number of amides is 1. The molecule has 0 bridgehead atoms. The summed E-state index contributed by atoms with van der Waals surface area (Å²) in [6.45, 7) is 2.59. The van der Waals surface area contributed by atoms with Crippen molar-refractivity contribution in [3.63, 3.8) is 0 Å². The molecule has 0 aliphatic heterocycles. The first-order valence-corrected chi connectivity index (χ1v) is 10.8. The SMILES string of the molecule is CCCCCC/C=C\CCCCCCCC(=O)N(C)CCS(=O)O. The molecule has 1 amide bonds. The number of hydrogen-bond donors (Lipinski definition) is 1. The van der Waals surface area contributed by atoms with Gasteiger partial charge in [0.25, 0.3) is 0 Å². The van der Waals surface area contributed by atoms with Gasteiger partial charge in [0, 0.05) is 20.0 Å². The fourth-order valence-electron chi connectivity index (χ4n) is 2.52. The lowest BCUT2D eigenvalue weighted by Gasteiger charge is -2.15. The highest BCUT2D eigenvalue weighted by Gasteiger charge is 2.08. The average molecular weight is 360 g/mol. The molecule has 0 spiro atoms. The fraction of sp³-hybridized carbons (Fsp3) is 0.842. The Morgan fingerprint density at radius 1 is 0.958 bits per heavy atom. The minimum absolute atomic E-state index is 0.0754. The zero-order valence-corrected chi connectivity index (χ0v) is 16.5. The van der Waals surface area contributed by atoms with Crippen LogP contribution in [0, 0.1) is 0 Å². The standard InChI is InChI=1S/C19H37NO3S/c1-3-4-5-6-7-8-9-10-11-12-13-14-15-16-19(21)20(2)17-18-24(22)23/h8-9H,3-7,10-18H2,1-2H3,(H,22,23)/b9-8-. The van der Waals surface area contributed by atoms with E-state index in [4.69, 9.17) is 4.55 Å². The minimum Gasteiger partial charge on any atom is -0.345 e. The highest BCUT2D eigenvalue weighted by atomic mass is 32.2. The van der Waals surface area contributed by atoms with Crippen LogP contribution in [0.1, 0.15) is 84.0 Å². The largest absolute Gasteiger partial charge is 0.345 e. The van der Waals surface area contributed by atoms with Crippen LogP contribution in [-0.4, -0.2) is 38.9 Å². The Balaban J connectivity index is 3.36. The fourth-order valence-corrected chi connectivity index (χ4v) is 2.95. The normalized spacial score (nSPS) is 12.6. The van der Waals surface area contributed by atoms with Crippen LogP contribution < -0.4 is 0 Å². The molecule has 0 rings (SSSR count). The van der Waals surface area contributed by atoms with Crippen molar-refractivity contribution in [1.29, 1.82) is 0 Å². The van der Waals surface area contributed by atoms with Gasteiger partial charge >= 0.3 is 0 Å². The summed E-state index contributed by atoms with van der Waals surface area (Å²) in [6, 6.07) is 0. The van der Waals surface area contributed by atoms with E-state index >= 15 is 0 Å². The van der Waals surface area contributed by atoms with Crippen molar-refractivity contribution in [2.24, 2.45) is 0 Å². The highest BCUT2D eigenvalue weighted by molar-refractivity contribution is 7.79. The third-order valence-corrected chi connectivity index (χ3v) is 4.71. The van der Waals surface area contributed by atoms with Crippen molar-refractivity contribution in [3.05, 3.63) is 12.2 Å². The lowest BCUT2D eigenvalue weighted by atomic mass is 10.1. The molecule has 1 unspecified atom stereocenters. The van der Waals surface area contributed by atoms with Gasteiger partial charge in [-0.3, -0.25) is 4.79 Å². The van der Waals surface area contributed by atoms with Gasteiger partial charge < -0.3 is 9.45 Å². The van der Waals surface area contributed by atoms with Crippen LogP contribution in [0.3, 0.4) is 0 Å². The predicted octanol–water partition coefficient (Wildman–Crippen LogP) is 4.92. The first-order chi connectivity index (χ1) is 11.6. The third-order valence-electron chi connectivity index (χ3n) is 4.18. The van der Waals surface area contributed by atoms with E-state index < -0.39 is 11.1 Å². The molecule has 5 heteroatoms. The van der Waals surface area contributed by atoms with Crippen molar-refractivity contribution in [2.75, 3.05) is 19.3 Å². The maximum atomic E-state index is 11.8. The molecule has 0 aromatic heterocycles. The zero-order chi connectivity index (χ0) is 18.0. The summed E-state index contributed by atoms with van der Waals surface area (Å²) in [7, 11) is 1.70. The molecule has 0 aliphatic carbocycles. The average Bonchev–Trinajstić information content (AvgIpc) is 2.56. The van der Waals surface area contributed by atoms with Gasteiger partial charge in [-0.25, -0.2) is 4.21 Å². The number of rotatable bonds is 16. The summed E-state index contributed by atoms with van der Waals surface area (Å²) < 4.78 is 19.3. The first kappa shape index (κ1) is 23.3. The van der Waals surface area contributed by atoms with E-state index in [1.807, 2.05) is 0 Å². The van der Waals surface area contributed by atoms with Crippen molar-refractivity contribution in [1.82, 2.24) is 4.90 Å². The molecule has 0 saturated heterocycles. The lowest BCUT2D eigenvalue weighted by Crippen LogP contribution is -2.30. The molecule has 0 aromatic carbocycles. The Bertz CT molecular complexity index is 359. The maximum absolute atomic E-state index is 11.8. The van der Waals surface area contributed by atoms with E-state index in [1.54, 1.807) is 11.9 Å². The van der Waals surface area contributed by atoms with E-state index in [0.29, 0.717) is 13.0 Å². The Kier molecular flexibility index (Phi) is 16.7. The molecule has 1 N–H and O–H groups in total. The van der Waals surface area contributed by atoms with Gasteiger partial charge in [-0.05, 0) is 32.1 Å². The second kappa shape index (κ2) is 17.2. The van der Waals surface area contributed by atoms with Crippen LogP contribution in [-0.2, 0) is 15.9 Å². The highest BCUT2D eigenvalue weighted by Crippen LogP contribution is 2.09. The van der Waals surface area contributed by atoms with Gasteiger partial charge in [0.1, 0.15) is 0 Å². The molecule has 0 heterocycles. The molecule has 0 fully saturated rings. The number of unbranched alkanes of at least 4 members (excludes halogenated alkanes) is 9. The second-order valence-electron chi connectivity index (χ2n) is 6.47. The number of carbonyl (C=O) groups excluding carboxylic acids is 1. The van der Waals surface area contributed by atoms with Crippen molar-refractivity contribution in [3.8, 4) is 0 Å². The van der Waals surface area contributed by atoms with Gasteiger partial charge in [0.05, 0.1) is 5.75 Å². The van der Waals surface area contributed by atoms with Crippen LogP contribution in [0.4, 0.5) is 0 Å².